The molecule has 0 saturated carbocycles. The Balaban J connectivity index is 1.37. The molecule has 9 heteroatoms. The Kier molecular flexibility index (Phi) is 5.05. The van der Waals surface area contributed by atoms with Crippen LogP contribution in [-0.2, 0) is 0 Å². The van der Waals surface area contributed by atoms with Crippen molar-refractivity contribution in [2.24, 2.45) is 0 Å². The van der Waals surface area contributed by atoms with Crippen LogP contribution in [0.1, 0.15) is 43.4 Å². The first-order chi connectivity index (χ1) is 14.6. The van der Waals surface area contributed by atoms with E-state index in [0.29, 0.717) is 30.5 Å². The molecule has 3 aromatic heterocycles. The van der Waals surface area contributed by atoms with Crippen LogP contribution in [0.25, 0.3) is 10.2 Å². The van der Waals surface area contributed by atoms with Crippen molar-refractivity contribution in [2.45, 2.75) is 64.1 Å². The molecule has 2 aliphatic heterocycles. The molecule has 2 fully saturated rings. The summed E-state index contributed by atoms with van der Waals surface area (Å²) in [5, 5.41) is 25.3. The largest absolute Gasteiger partial charge is 0.351 e. The molecule has 3 N–H and O–H groups in total. The van der Waals surface area contributed by atoms with Crippen LogP contribution in [0.5, 0.6) is 0 Å². The van der Waals surface area contributed by atoms with E-state index in [1.165, 1.54) is 12.8 Å². The highest BCUT2D eigenvalue weighted by molar-refractivity contribution is 7.18. The van der Waals surface area contributed by atoms with Gasteiger partial charge in [0.25, 0.3) is 0 Å². The first-order valence-electron chi connectivity index (χ1n) is 10.5. The van der Waals surface area contributed by atoms with Crippen LogP contribution in [0, 0.1) is 25.2 Å². The molecule has 2 bridgehead atoms. The molecule has 0 amide bonds. The minimum absolute atomic E-state index is 0.359. The molecule has 0 aliphatic carbocycles. The highest BCUT2D eigenvalue weighted by Crippen LogP contribution is 2.37. The number of aromatic amines is 1. The summed E-state index contributed by atoms with van der Waals surface area (Å²) in [4.78, 5) is 12.2. The second kappa shape index (κ2) is 7.85. The van der Waals surface area contributed by atoms with Gasteiger partial charge < -0.3 is 10.6 Å². The van der Waals surface area contributed by atoms with Gasteiger partial charge in [0.15, 0.2) is 11.6 Å². The fraction of sp³-hybridized carbons (Fsp3) is 0.524. The summed E-state index contributed by atoms with van der Waals surface area (Å²) in [5.74, 6) is 2.23. The zero-order chi connectivity index (χ0) is 20.7. The van der Waals surface area contributed by atoms with Crippen molar-refractivity contribution >= 4 is 39.1 Å². The standard InChI is InChI=1S/C21H26N8S/c1-12-11-30-19-18(12)25-21(26-20(19)24-17-8-13(2)27-28-17)23-14-9-15-4-5-16(10-14)29(15)7-3-6-22/h8,11,14-16H,3-5,7,9-10H2,1-2H3,(H3,23,24,25,26,27,28). The lowest BCUT2D eigenvalue weighted by Crippen LogP contribution is -2.47. The SMILES string of the molecule is Cc1cc(Nc2nc(NC3CC4CCC(C3)N4CCC#N)nc3c(C)csc23)n[nH]1. The molecule has 2 atom stereocenters. The Morgan fingerprint density at radius 1 is 1.27 bits per heavy atom. The summed E-state index contributed by atoms with van der Waals surface area (Å²) in [7, 11) is 0. The second-order valence-electron chi connectivity index (χ2n) is 8.40. The Morgan fingerprint density at radius 3 is 2.77 bits per heavy atom. The first kappa shape index (κ1) is 19.3. The molecule has 30 heavy (non-hydrogen) atoms. The molecule has 5 rings (SSSR count). The number of hydrogen-bond donors (Lipinski definition) is 3. The van der Waals surface area contributed by atoms with E-state index in [9.17, 15) is 0 Å². The van der Waals surface area contributed by atoms with E-state index >= 15 is 0 Å². The molecule has 2 unspecified atom stereocenters. The van der Waals surface area contributed by atoms with Gasteiger partial charge in [0.1, 0.15) is 0 Å². The van der Waals surface area contributed by atoms with Crippen LogP contribution in [0.15, 0.2) is 11.4 Å². The molecule has 5 heterocycles. The second-order valence-corrected chi connectivity index (χ2v) is 9.28. The van der Waals surface area contributed by atoms with Gasteiger partial charge >= 0.3 is 0 Å². The summed E-state index contributed by atoms with van der Waals surface area (Å²) < 4.78 is 1.05. The molecule has 2 aliphatic rings. The Morgan fingerprint density at radius 2 is 2.07 bits per heavy atom. The van der Waals surface area contributed by atoms with E-state index in [-0.39, 0.29) is 0 Å². The molecule has 0 spiro atoms. The number of hydrogen-bond acceptors (Lipinski definition) is 8. The van der Waals surface area contributed by atoms with Crippen LogP contribution in [0.2, 0.25) is 0 Å². The van der Waals surface area contributed by atoms with E-state index in [4.69, 9.17) is 15.2 Å². The lowest BCUT2D eigenvalue weighted by atomic mass is 9.97. The number of nitrogens with zero attached hydrogens (tertiary/aromatic N) is 5. The van der Waals surface area contributed by atoms with Crippen molar-refractivity contribution in [3.05, 3.63) is 22.7 Å². The van der Waals surface area contributed by atoms with Crippen molar-refractivity contribution in [1.82, 2.24) is 25.1 Å². The number of nitriles is 1. The number of rotatable bonds is 6. The molecule has 156 valence electrons. The molecule has 0 radical (unpaired) electrons. The highest BCUT2D eigenvalue weighted by Gasteiger charge is 2.40. The average molecular weight is 423 g/mol. The number of thiophene rings is 1. The maximum atomic E-state index is 8.94. The third-order valence-corrected chi connectivity index (χ3v) is 7.34. The van der Waals surface area contributed by atoms with Crippen LogP contribution < -0.4 is 10.6 Å². The summed E-state index contributed by atoms with van der Waals surface area (Å²) in [5.41, 5.74) is 3.15. The van der Waals surface area contributed by atoms with Crippen molar-refractivity contribution in [1.29, 1.82) is 5.26 Å². The molecule has 2 saturated heterocycles. The highest BCUT2D eigenvalue weighted by atomic mass is 32.1. The lowest BCUT2D eigenvalue weighted by molar-refractivity contribution is 0.135. The fourth-order valence-electron chi connectivity index (χ4n) is 4.90. The maximum absolute atomic E-state index is 8.94. The first-order valence-corrected chi connectivity index (χ1v) is 11.4. The van der Waals surface area contributed by atoms with E-state index in [1.54, 1.807) is 11.3 Å². The van der Waals surface area contributed by atoms with Crippen molar-refractivity contribution in [2.75, 3.05) is 17.2 Å². The number of piperidine rings is 1. The molecule has 8 nitrogen and oxygen atoms in total. The van der Waals surface area contributed by atoms with E-state index in [2.05, 4.69) is 44.1 Å². The fourth-order valence-corrected chi connectivity index (χ4v) is 5.84. The van der Waals surface area contributed by atoms with Crippen molar-refractivity contribution in [3.63, 3.8) is 0 Å². The Bertz CT molecular complexity index is 1080. The summed E-state index contributed by atoms with van der Waals surface area (Å²) in [6, 6.07) is 5.74. The smallest absolute Gasteiger partial charge is 0.225 e. The monoisotopic (exact) mass is 422 g/mol. The average Bonchev–Trinajstić information content (AvgIpc) is 3.37. The van der Waals surface area contributed by atoms with Gasteiger partial charge in [0.05, 0.1) is 16.3 Å². The predicted molar refractivity (Wildman–Crippen MR) is 119 cm³/mol. The van der Waals surface area contributed by atoms with Gasteiger partial charge in [-0.15, -0.1) is 11.3 Å². The number of fused-ring (bicyclic) bond motifs is 3. The number of H-pyrrole nitrogens is 1. The Hall–Kier alpha value is -2.70. The van der Waals surface area contributed by atoms with Crippen LogP contribution in [-0.4, -0.2) is 49.7 Å². The van der Waals surface area contributed by atoms with Crippen LogP contribution in [0.4, 0.5) is 17.6 Å². The predicted octanol–water partition coefficient (Wildman–Crippen LogP) is 4.10. The summed E-state index contributed by atoms with van der Waals surface area (Å²) in [6.07, 6.45) is 5.22. The van der Waals surface area contributed by atoms with Crippen LogP contribution >= 0.6 is 11.3 Å². The normalized spacial score (nSPS) is 23.6. The van der Waals surface area contributed by atoms with Crippen molar-refractivity contribution < 1.29 is 0 Å². The zero-order valence-corrected chi connectivity index (χ0v) is 18.1. The van der Waals surface area contributed by atoms with Gasteiger partial charge in [-0.3, -0.25) is 10.00 Å². The van der Waals surface area contributed by atoms with Gasteiger partial charge in [0.2, 0.25) is 5.95 Å². The van der Waals surface area contributed by atoms with E-state index in [1.807, 2.05) is 13.0 Å². The molecule has 3 aromatic rings. The van der Waals surface area contributed by atoms with Gasteiger partial charge in [-0.05, 0) is 50.5 Å². The topological polar surface area (TPSA) is 106 Å². The number of aromatic nitrogens is 4. The summed E-state index contributed by atoms with van der Waals surface area (Å²) in [6.45, 7) is 4.96. The zero-order valence-electron chi connectivity index (χ0n) is 17.3. The number of aryl methyl sites for hydroxylation is 2. The maximum Gasteiger partial charge on any atom is 0.225 e. The molecular formula is C21H26N8S. The third-order valence-electron chi connectivity index (χ3n) is 6.24. The van der Waals surface area contributed by atoms with Gasteiger partial charge in [-0.1, -0.05) is 0 Å². The quantitative estimate of drug-likeness (QED) is 0.549. The van der Waals surface area contributed by atoms with Crippen LogP contribution in [0.3, 0.4) is 0 Å². The minimum Gasteiger partial charge on any atom is -0.351 e. The van der Waals surface area contributed by atoms with E-state index in [0.717, 1.165) is 52.5 Å². The van der Waals surface area contributed by atoms with Gasteiger partial charge in [0, 0.05) is 42.9 Å². The molecular weight excluding hydrogens is 396 g/mol. The number of anilines is 3. The Labute approximate surface area is 179 Å². The minimum atomic E-state index is 0.359. The van der Waals surface area contributed by atoms with Crippen molar-refractivity contribution in [3.8, 4) is 6.07 Å². The number of nitrogens with one attached hydrogen (secondary N) is 3. The van der Waals surface area contributed by atoms with Gasteiger partial charge in [-0.25, -0.2) is 4.98 Å². The molecule has 0 aromatic carbocycles. The van der Waals surface area contributed by atoms with Gasteiger partial charge in [-0.2, -0.15) is 15.3 Å². The summed E-state index contributed by atoms with van der Waals surface area (Å²) >= 11 is 1.65. The third kappa shape index (κ3) is 3.61. The van der Waals surface area contributed by atoms with E-state index < -0.39 is 0 Å². The lowest BCUT2D eigenvalue weighted by Gasteiger charge is -2.38.